The second-order valence-corrected chi connectivity index (χ2v) is 6.75. The van der Waals surface area contributed by atoms with Gasteiger partial charge in [-0.3, -0.25) is 15.1 Å². The Balaban J connectivity index is 1.98. The third-order valence-corrected chi connectivity index (χ3v) is 4.77. The van der Waals surface area contributed by atoms with Gasteiger partial charge in [0.25, 0.3) is 5.69 Å². The van der Waals surface area contributed by atoms with Crippen LogP contribution >= 0.6 is 0 Å². The molecule has 0 unspecified atom stereocenters. The van der Waals surface area contributed by atoms with Crippen molar-refractivity contribution in [1.29, 1.82) is 0 Å². The van der Waals surface area contributed by atoms with E-state index < -0.39 is 22.6 Å². The zero-order chi connectivity index (χ0) is 23.8. The Kier molecular flexibility index (Phi) is 5.50. The van der Waals surface area contributed by atoms with E-state index in [4.69, 9.17) is 4.74 Å². The smallest absolute Gasteiger partial charge is 0.418 e. The van der Waals surface area contributed by atoms with E-state index in [0.29, 0.717) is 5.56 Å². The van der Waals surface area contributed by atoms with E-state index in [2.05, 4.69) is 15.3 Å². The largest absolute Gasteiger partial charge is 0.461 e. The maximum absolute atomic E-state index is 13.5. The molecule has 0 fully saturated rings. The molecule has 4 rings (SSSR count). The number of aromatic nitrogens is 4. The number of rotatable bonds is 5. The van der Waals surface area contributed by atoms with Crippen molar-refractivity contribution in [1.82, 2.24) is 20.0 Å². The lowest BCUT2D eigenvalue weighted by Crippen LogP contribution is -2.09. The van der Waals surface area contributed by atoms with Crippen LogP contribution in [0.5, 0.6) is 0 Å². The molecule has 12 heteroatoms. The number of ether oxygens (including phenoxy) is 1. The van der Waals surface area contributed by atoms with Crippen molar-refractivity contribution in [2.45, 2.75) is 13.1 Å². The molecule has 0 saturated carbocycles. The second-order valence-electron chi connectivity index (χ2n) is 6.75. The summed E-state index contributed by atoms with van der Waals surface area (Å²) in [4.78, 5) is 26.8. The molecule has 0 N–H and O–H groups in total. The van der Waals surface area contributed by atoms with Crippen molar-refractivity contribution in [2.75, 3.05) is 6.61 Å². The first-order valence-corrected chi connectivity index (χ1v) is 9.55. The average molecular weight is 457 g/mol. The lowest BCUT2D eigenvalue weighted by molar-refractivity contribution is -0.384. The lowest BCUT2D eigenvalue weighted by Gasteiger charge is -2.13. The summed E-state index contributed by atoms with van der Waals surface area (Å²) in [7, 11) is 0. The number of pyridine rings is 1. The highest BCUT2D eigenvalue weighted by molar-refractivity contribution is 5.96. The van der Waals surface area contributed by atoms with Crippen LogP contribution in [-0.4, -0.2) is 37.5 Å². The van der Waals surface area contributed by atoms with Gasteiger partial charge in [0.2, 0.25) is 0 Å². The third-order valence-electron chi connectivity index (χ3n) is 4.77. The van der Waals surface area contributed by atoms with Gasteiger partial charge in [0.1, 0.15) is 5.69 Å². The van der Waals surface area contributed by atoms with Crippen LogP contribution in [-0.2, 0) is 10.9 Å². The fourth-order valence-corrected chi connectivity index (χ4v) is 3.36. The summed E-state index contributed by atoms with van der Waals surface area (Å²) < 4.78 is 46.7. The van der Waals surface area contributed by atoms with Gasteiger partial charge in [0.15, 0.2) is 5.69 Å². The highest BCUT2D eigenvalue weighted by Gasteiger charge is 2.34. The van der Waals surface area contributed by atoms with Crippen LogP contribution in [0.3, 0.4) is 0 Å². The lowest BCUT2D eigenvalue weighted by atomic mass is 10.1. The van der Waals surface area contributed by atoms with E-state index in [-0.39, 0.29) is 40.3 Å². The number of carbonyl (C=O) groups excluding carboxylic acids is 1. The number of nitrogens with zero attached hydrogens (tertiary/aromatic N) is 5. The summed E-state index contributed by atoms with van der Waals surface area (Å²) >= 11 is 0. The number of benzene rings is 2. The molecule has 33 heavy (non-hydrogen) atoms. The van der Waals surface area contributed by atoms with E-state index in [1.54, 1.807) is 6.92 Å². The number of para-hydroxylation sites is 1. The Labute approximate surface area is 183 Å². The number of esters is 1. The average Bonchev–Trinajstić information content (AvgIpc) is 3.23. The van der Waals surface area contributed by atoms with E-state index in [1.165, 1.54) is 53.3 Å². The number of hydrogen-bond donors (Lipinski definition) is 0. The molecule has 0 amide bonds. The number of nitro groups is 1. The summed E-state index contributed by atoms with van der Waals surface area (Å²) in [5, 5.41) is 19.0. The van der Waals surface area contributed by atoms with Crippen LogP contribution in [0.2, 0.25) is 0 Å². The molecule has 0 saturated heterocycles. The highest BCUT2D eigenvalue weighted by atomic mass is 19.4. The Morgan fingerprint density at radius 3 is 2.52 bits per heavy atom. The molecule has 0 radical (unpaired) electrons. The van der Waals surface area contributed by atoms with Gasteiger partial charge in [-0.25, -0.2) is 9.48 Å². The normalized spacial score (nSPS) is 11.5. The van der Waals surface area contributed by atoms with Gasteiger partial charge in [-0.15, -0.1) is 5.10 Å². The summed E-state index contributed by atoms with van der Waals surface area (Å²) in [5.41, 5.74) is -0.988. The second kappa shape index (κ2) is 8.30. The number of hydrogen-bond acceptors (Lipinski definition) is 7. The van der Waals surface area contributed by atoms with Crippen molar-refractivity contribution in [3.05, 3.63) is 76.1 Å². The first kappa shape index (κ1) is 21.9. The van der Waals surface area contributed by atoms with Crippen LogP contribution < -0.4 is 0 Å². The Hall–Kier alpha value is -4.35. The number of non-ortho nitro benzene ring substituents is 1. The molecule has 0 spiro atoms. The topological polar surface area (TPSA) is 113 Å². The Morgan fingerprint density at radius 2 is 1.88 bits per heavy atom. The van der Waals surface area contributed by atoms with Crippen LogP contribution in [0.1, 0.15) is 23.0 Å². The molecular formula is C21H14F3N5O4. The van der Waals surface area contributed by atoms with Crippen molar-refractivity contribution < 1.29 is 27.6 Å². The predicted octanol–water partition coefficient (Wildman–Crippen LogP) is 4.59. The molecule has 2 aromatic heterocycles. The van der Waals surface area contributed by atoms with Gasteiger partial charge >= 0.3 is 12.1 Å². The SMILES string of the molecule is CCOC(=O)c1nnn(-c2ccnc3c(C(F)(F)F)cccc23)c1-c1ccc([N+](=O)[O-])cc1. The van der Waals surface area contributed by atoms with Crippen molar-refractivity contribution in [3.63, 3.8) is 0 Å². The van der Waals surface area contributed by atoms with Gasteiger partial charge in [-0.05, 0) is 31.2 Å². The maximum Gasteiger partial charge on any atom is 0.418 e. The van der Waals surface area contributed by atoms with Crippen LogP contribution in [0.15, 0.2) is 54.7 Å². The van der Waals surface area contributed by atoms with E-state index in [9.17, 15) is 28.1 Å². The molecule has 4 aromatic rings. The fraction of sp³-hybridized carbons (Fsp3) is 0.143. The molecule has 0 bridgehead atoms. The molecule has 0 atom stereocenters. The number of fused-ring (bicyclic) bond motifs is 1. The number of nitro benzene ring substituents is 1. The maximum atomic E-state index is 13.5. The number of carbonyl (C=O) groups is 1. The van der Waals surface area contributed by atoms with Gasteiger partial charge in [0.05, 0.1) is 28.3 Å². The molecule has 9 nitrogen and oxygen atoms in total. The number of halogens is 3. The molecular weight excluding hydrogens is 443 g/mol. The predicted molar refractivity (Wildman–Crippen MR) is 110 cm³/mol. The summed E-state index contributed by atoms with van der Waals surface area (Å²) in [6.07, 6.45) is -3.44. The van der Waals surface area contributed by atoms with E-state index in [0.717, 1.165) is 6.07 Å². The zero-order valence-electron chi connectivity index (χ0n) is 16.9. The zero-order valence-corrected chi connectivity index (χ0v) is 16.9. The van der Waals surface area contributed by atoms with Crippen LogP contribution in [0.4, 0.5) is 18.9 Å². The Morgan fingerprint density at radius 1 is 1.15 bits per heavy atom. The van der Waals surface area contributed by atoms with Crippen LogP contribution in [0.25, 0.3) is 27.8 Å². The summed E-state index contributed by atoms with van der Waals surface area (Å²) in [6.45, 7) is 1.65. The molecule has 2 aromatic carbocycles. The first-order valence-electron chi connectivity index (χ1n) is 9.55. The third kappa shape index (κ3) is 3.97. The van der Waals surface area contributed by atoms with E-state index >= 15 is 0 Å². The van der Waals surface area contributed by atoms with Crippen molar-refractivity contribution in [3.8, 4) is 16.9 Å². The van der Waals surface area contributed by atoms with Crippen molar-refractivity contribution in [2.24, 2.45) is 0 Å². The molecule has 0 aliphatic heterocycles. The summed E-state index contributed by atoms with van der Waals surface area (Å²) in [5.74, 6) is -0.800. The first-order chi connectivity index (χ1) is 15.7. The van der Waals surface area contributed by atoms with E-state index in [1.807, 2.05) is 0 Å². The van der Waals surface area contributed by atoms with Gasteiger partial charge < -0.3 is 4.74 Å². The van der Waals surface area contributed by atoms with Crippen LogP contribution in [0, 0.1) is 10.1 Å². The van der Waals surface area contributed by atoms with Gasteiger partial charge in [-0.2, -0.15) is 13.2 Å². The Bertz CT molecular complexity index is 1370. The minimum Gasteiger partial charge on any atom is -0.461 e. The minimum atomic E-state index is -4.63. The van der Waals surface area contributed by atoms with Crippen molar-refractivity contribution >= 4 is 22.6 Å². The molecule has 2 heterocycles. The minimum absolute atomic E-state index is 0.0541. The molecule has 0 aliphatic carbocycles. The monoisotopic (exact) mass is 457 g/mol. The fourth-order valence-electron chi connectivity index (χ4n) is 3.36. The quantitative estimate of drug-likeness (QED) is 0.245. The molecule has 168 valence electrons. The highest BCUT2D eigenvalue weighted by Crippen LogP contribution is 2.36. The summed E-state index contributed by atoms with van der Waals surface area (Å²) in [6, 6.07) is 10.3. The molecule has 0 aliphatic rings. The number of alkyl halides is 3. The van der Waals surface area contributed by atoms with Gasteiger partial charge in [-0.1, -0.05) is 17.3 Å². The standard InChI is InChI=1S/C21H14F3N5O4/c1-2-33-20(30)18-19(12-6-8-13(9-7-12)29(31)32)28(27-26-18)16-10-11-25-17-14(16)4-3-5-15(17)21(22,23)24/h3-11H,2H2,1H3. The van der Waals surface area contributed by atoms with Gasteiger partial charge in [0, 0.05) is 29.3 Å².